The van der Waals surface area contributed by atoms with Crippen LogP contribution in [0, 0.1) is 19.8 Å². The Morgan fingerprint density at radius 1 is 1.25 bits per heavy atom. The fraction of sp³-hybridized carbons (Fsp3) is 0.417. The van der Waals surface area contributed by atoms with E-state index in [1.807, 2.05) is 0 Å². The molecule has 0 fully saturated rings. The zero-order chi connectivity index (χ0) is 18.0. The third kappa shape index (κ3) is 3.64. The molecule has 0 heteroatoms. The van der Waals surface area contributed by atoms with Gasteiger partial charge >= 0.3 is 0 Å². The number of benzene rings is 1. The first-order valence-electron chi connectivity index (χ1n) is 9.02. The molecule has 0 N–H and O–H groups in total. The van der Waals surface area contributed by atoms with Crippen LogP contribution in [-0.2, 0) is 0 Å². The van der Waals surface area contributed by atoms with E-state index in [4.69, 9.17) is 0 Å². The molecule has 1 aliphatic rings. The summed E-state index contributed by atoms with van der Waals surface area (Å²) in [6, 6.07) is 4.66. The molecule has 1 aliphatic carbocycles. The molecule has 2 rings (SSSR count). The Morgan fingerprint density at radius 3 is 2.46 bits per heavy atom. The highest BCUT2D eigenvalue weighted by molar-refractivity contribution is 5.85. The van der Waals surface area contributed by atoms with Gasteiger partial charge < -0.3 is 0 Å². The first kappa shape index (κ1) is 18.5. The van der Waals surface area contributed by atoms with Crippen LogP contribution in [0.3, 0.4) is 0 Å². The van der Waals surface area contributed by atoms with Crippen LogP contribution in [0.1, 0.15) is 68.7 Å². The Kier molecular flexibility index (Phi) is 5.70. The summed E-state index contributed by atoms with van der Waals surface area (Å²) >= 11 is 0. The molecule has 128 valence electrons. The Bertz CT molecular complexity index is 721. The lowest BCUT2D eigenvalue weighted by Gasteiger charge is -2.33. The van der Waals surface area contributed by atoms with Gasteiger partial charge in [-0.05, 0) is 75.6 Å². The molecular formula is C24H32. The fourth-order valence-electron chi connectivity index (χ4n) is 4.13. The summed E-state index contributed by atoms with van der Waals surface area (Å²) in [5.74, 6) is 0.941. The topological polar surface area (TPSA) is 0 Å². The monoisotopic (exact) mass is 320 g/mol. The van der Waals surface area contributed by atoms with E-state index in [0.29, 0.717) is 11.8 Å². The van der Waals surface area contributed by atoms with Gasteiger partial charge in [-0.3, -0.25) is 0 Å². The Balaban J connectivity index is 2.68. The van der Waals surface area contributed by atoms with E-state index in [1.54, 1.807) is 0 Å². The quantitative estimate of drug-likeness (QED) is 0.499. The molecular weight excluding hydrogens is 288 g/mol. The van der Waals surface area contributed by atoms with Crippen LogP contribution in [0.2, 0.25) is 0 Å². The second-order valence-corrected chi connectivity index (χ2v) is 7.69. The van der Waals surface area contributed by atoms with E-state index >= 15 is 0 Å². The molecule has 0 amide bonds. The van der Waals surface area contributed by atoms with Gasteiger partial charge in [0.25, 0.3) is 0 Å². The van der Waals surface area contributed by atoms with Crippen LogP contribution in [0.4, 0.5) is 0 Å². The van der Waals surface area contributed by atoms with E-state index in [2.05, 4.69) is 79.0 Å². The van der Waals surface area contributed by atoms with Gasteiger partial charge in [0.15, 0.2) is 0 Å². The molecule has 0 spiro atoms. The summed E-state index contributed by atoms with van der Waals surface area (Å²) in [5, 5.41) is 0. The standard InChI is InChI=1S/C24H32/c1-9-20(11-10-15(2)3)21-14-19(8)24-18(7)12-17(6)13-22(24)23(21)16(4)5/h9-10,12-13,19-20H,1,4,11,14H2,2-3,5-8H3. The first-order valence-corrected chi connectivity index (χ1v) is 9.02. The predicted octanol–water partition coefficient (Wildman–Crippen LogP) is 7.30. The number of aryl methyl sites for hydroxylation is 2. The Hall–Kier alpha value is -1.82. The van der Waals surface area contributed by atoms with Gasteiger partial charge in [0.2, 0.25) is 0 Å². The molecule has 0 bridgehead atoms. The molecule has 0 heterocycles. The van der Waals surface area contributed by atoms with Crippen LogP contribution < -0.4 is 0 Å². The van der Waals surface area contributed by atoms with Crippen LogP contribution >= 0.6 is 0 Å². The summed E-state index contributed by atoms with van der Waals surface area (Å²) in [7, 11) is 0. The zero-order valence-electron chi connectivity index (χ0n) is 16.3. The normalized spacial score (nSPS) is 18.0. The molecule has 1 aromatic carbocycles. The minimum atomic E-state index is 0.392. The minimum absolute atomic E-state index is 0.392. The van der Waals surface area contributed by atoms with Crippen LogP contribution in [0.15, 0.2) is 54.2 Å². The van der Waals surface area contributed by atoms with Gasteiger partial charge in [0.1, 0.15) is 0 Å². The van der Waals surface area contributed by atoms with E-state index < -0.39 is 0 Å². The molecule has 0 radical (unpaired) electrons. The Labute approximate surface area is 148 Å². The van der Waals surface area contributed by atoms with Crippen molar-refractivity contribution in [2.45, 2.75) is 60.3 Å². The van der Waals surface area contributed by atoms with Crippen molar-refractivity contribution < 1.29 is 0 Å². The molecule has 1 aromatic rings. The minimum Gasteiger partial charge on any atom is -0.102 e. The SMILES string of the molecule is C=CC(CC=C(C)C)C1=C(C(=C)C)c2cc(C)cc(C)c2C(C)C1. The van der Waals surface area contributed by atoms with Gasteiger partial charge in [0, 0.05) is 5.92 Å². The molecule has 2 atom stereocenters. The average Bonchev–Trinajstić information content (AvgIpc) is 2.46. The molecule has 24 heavy (non-hydrogen) atoms. The highest BCUT2D eigenvalue weighted by Crippen LogP contribution is 2.46. The lowest BCUT2D eigenvalue weighted by Crippen LogP contribution is -2.16. The highest BCUT2D eigenvalue weighted by Gasteiger charge is 2.28. The average molecular weight is 321 g/mol. The maximum atomic E-state index is 4.32. The van der Waals surface area contributed by atoms with Gasteiger partial charge in [-0.25, -0.2) is 0 Å². The first-order chi connectivity index (χ1) is 11.3. The van der Waals surface area contributed by atoms with Crippen LogP contribution in [0.25, 0.3) is 5.57 Å². The summed E-state index contributed by atoms with van der Waals surface area (Å²) in [5.41, 5.74) is 11.1. The van der Waals surface area contributed by atoms with Crippen molar-refractivity contribution in [1.82, 2.24) is 0 Å². The largest absolute Gasteiger partial charge is 0.102 e. The maximum Gasteiger partial charge on any atom is 0.00182 e. The van der Waals surface area contributed by atoms with Crippen molar-refractivity contribution in [2.75, 3.05) is 0 Å². The Morgan fingerprint density at radius 2 is 1.92 bits per heavy atom. The lowest BCUT2D eigenvalue weighted by molar-refractivity contribution is 0.645. The van der Waals surface area contributed by atoms with Crippen molar-refractivity contribution in [3.8, 4) is 0 Å². The van der Waals surface area contributed by atoms with Gasteiger partial charge in [-0.2, -0.15) is 0 Å². The smallest absolute Gasteiger partial charge is 0.00182 e. The van der Waals surface area contributed by atoms with Crippen molar-refractivity contribution in [3.05, 3.63) is 76.4 Å². The van der Waals surface area contributed by atoms with Crippen molar-refractivity contribution in [1.29, 1.82) is 0 Å². The zero-order valence-corrected chi connectivity index (χ0v) is 16.3. The van der Waals surface area contributed by atoms with Gasteiger partial charge in [-0.1, -0.05) is 60.1 Å². The maximum absolute atomic E-state index is 4.32. The second-order valence-electron chi connectivity index (χ2n) is 7.69. The predicted molar refractivity (Wildman–Crippen MR) is 108 cm³/mol. The number of hydrogen-bond acceptors (Lipinski definition) is 0. The van der Waals surface area contributed by atoms with Gasteiger partial charge in [0.05, 0.1) is 0 Å². The van der Waals surface area contributed by atoms with E-state index in [1.165, 1.54) is 44.5 Å². The highest BCUT2D eigenvalue weighted by atomic mass is 14.3. The molecule has 0 nitrogen and oxygen atoms in total. The summed E-state index contributed by atoms with van der Waals surface area (Å²) in [4.78, 5) is 0. The third-order valence-corrected chi connectivity index (χ3v) is 5.08. The van der Waals surface area contributed by atoms with E-state index in [9.17, 15) is 0 Å². The second kappa shape index (κ2) is 7.38. The number of hydrogen-bond donors (Lipinski definition) is 0. The van der Waals surface area contributed by atoms with Crippen molar-refractivity contribution >= 4 is 5.57 Å². The van der Waals surface area contributed by atoms with E-state index in [-0.39, 0.29) is 0 Å². The molecule has 2 unspecified atom stereocenters. The third-order valence-electron chi connectivity index (χ3n) is 5.08. The van der Waals surface area contributed by atoms with Gasteiger partial charge in [-0.15, -0.1) is 6.58 Å². The van der Waals surface area contributed by atoms with Crippen molar-refractivity contribution in [3.63, 3.8) is 0 Å². The number of rotatable bonds is 5. The number of fused-ring (bicyclic) bond motifs is 1. The lowest BCUT2D eigenvalue weighted by atomic mass is 9.71. The summed E-state index contributed by atoms with van der Waals surface area (Å²) in [6.45, 7) is 21.7. The van der Waals surface area contributed by atoms with Crippen LogP contribution in [0.5, 0.6) is 0 Å². The fourth-order valence-corrected chi connectivity index (χ4v) is 4.13. The van der Waals surface area contributed by atoms with Crippen LogP contribution in [-0.4, -0.2) is 0 Å². The molecule has 0 aliphatic heterocycles. The van der Waals surface area contributed by atoms with Crippen molar-refractivity contribution in [2.24, 2.45) is 5.92 Å². The molecule has 0 aromatic heterocycles. The molecule has 0 saturated heterocycles. The summed E-state index contributed by atoms with van der Waals surface area (Å²) in [6.07, 6.45) is 6.59. The molecule has 0 saturated carbocycles. The number of allylic oxidation sites excluding steroid dienone is 6. The van der Waals surface area contributed by atoms with E-state index in [0.717, 1.165) is 12.8 Å². The summed E-state index contributed by atoms with van der Waals surface area (Å²) < 4.78 is 0.